The first-order chi connectivity index (χ1) is 11.5. The third kappa shape index (κ3) is 4.96. The largest absolute Gasteiger partial charge is 0.369 e. The van der Waals surface area contributed by atoms with Crippen molar-refractivity contribution in [1.29, 1.82) is 0 Å². The Hall–Kier alpha value is -2.08. The van der Waals surface area contributed by atoms with E-state index in [4.69, 9.17) is 0 Å². The Bertz CT molecular complexity index is 551. The van der Waals surface area contributed by atoms with Crippen LogP contribution in [0.4, 0.5) is 11.4 Å². The van der Waals surface area contributed by atoms with Crippen LogP contribution in [-0.2, 0) is 9.59 Å². The van der Waals surface area contributed by atoms with Crippen LogP contribution in [0.3, 0.4) is 0 Å². The number of likely N-dealkylation sites (N-methyl/N-ethyl adjacent to an activating group) is 1. The molecule has 2 amide bonds. The van der Waals surface area contributed by atoms with Gasteiger partial charge < -0.3 is 20.0 Å². The molecule has 0 unspecified atom stereocenters. The van der Waals surface area contributed by atoms with Gasteiger partial charge in [-0.1, -0.05) is 6.92 Å². The van der Waals surface area contributed by atoms with Gasteiger partial charge in [-0.25, -0.2) is 0 Å². The minimum absolute atomic E-state index is 0.0587. The number of nitrogens with zero attached hydrogens (tertiary/aromatic N) is 3. The number of rotatable bonds is 6. The molecule has 0 saturated carbocycles. The molecule has 6 heteroatoms. The summed E-state index contributed by atoms with van der Waals surface area (Å²) in [7, 11) is 2.13. The molecule has 1 aromatic carbocycles. The molecule has 132 valence electrons. The van der Waals surface area contributed by atoms with Gasteiger partial charge in [-0.3, -0.25) is 9.59 Å². The molecule has 1 aromatic rings. The van der Waals surface area contributed by atoms with E-state index in [1.165, 1.54) is 11.8 Å². The Morgan fingerprint density at radius 2 is 1.75 bits per heavy atom. The van der Waals surface area contributed by atoms with Crippen molar-refractivity contribution in [2.75, 3.05) is 56.1 Å². The summed E-state index contributed by atoms with van der Waals surface area (Å²) in [6.07, 6.45) is 0.880. The Kier molecular flexibility index (Phi) is 6.61. The van der Waals surface area contributed by atoms with Gasteiger partial charge in [-0.15, -0.1) is 0 Å². The zero-order chi connectivity index (χ0) is 17.5. The maximum Gasteiger partial charge on any atom is 0.240 e. The normalized spacial score (nSPS) is 15.2. The molecular formula is C18H28N4O2. The van der Waals surface area contributed by atoms with E-state index < -0.39 is 0 Å². The molecule has 0 aromatic heterocycles. The standard InChI is InChI=1S/C18H28N4O2/c1-4-9-19-18(24)14-22(15(2)23)17-7-5-16(6-8-17)21-12-10-20(3)11-13-21/h5-8H,4,9-14H2,1-3H3,(H,19,24). The summed E-state index contributed by atoms with van der Waals surface area (Å²) >= 11 is 0. The van der Waals surface area contributed by atoms with Crippen molar-refractivity contribution in [3.05, 3.63) is 24.3 Å². The molecule has 0 atom stereocenters. The van der Waals surface area contributed by atoms with E-state index in [-0.39, 0.29) is 18.4 Å². The number of benzene rings is 1. The van der Waals surface area contributed by atoms with Gasteiger partial charge in [-0.05, 0) is 37.7 Å². The van der Waals surface area contributed by atoms with Gasteiger partial charge >= 0.3 is 0 Å². The van der Waals surface area contributed by atoms with Crippen molar-refractivity contribution in [3.63, 3.8) is 0 Å². The zero-order valence-electron chi connectivity index (χ0n) is 14.9. The SMILES string of the molecule is CCCNC(=O)CN(C(C)=O)c1ccc(N2CCN(C)CC2)cc1. The first kappa shape index (κ1) is 18.3. The Morgan fingerprint density at radius 3 is 2.29 bits per heavy atom. The molecule has 0 aliphatic carbocycles. The lowest BCUT2D eigenvalue weighted by molar-refractivity contribution is -0.123. The molecule has 2 rings (SSSR count). The molecule has 0 bridgehead atoms. The Balaban J connectivity index is 2.03. The highest BCUT2D eigenvalue weighted by molar-refractivity contribution is 5.97. The van der Waals surface area contributed by atoms with Crippen LogP contribution in [0.2, 0.25) is 0 Å². The summed E-state index contributed by atoms with van der Waals surface area (Å²) in [6, 6.07) is 7.89. The maximum absolute atomic E-state index is 11.9. The van der Waals surface area contributed by atoms with Crippen molar-refractivity contribution >= 4 is 23.2 Å². The summed E-state index contributed by atoms with van der Waals surface area (Å²) in [6.45, 7) is 8.30. The van der Waals surface area contributed by atoms with E-state index >= 15 is 0 Å². The lowest BCUT2D eigenvalue weighted by Crippen LogP contribution is -2.44. The van der Waals surface area contributed by atoms with Crippen molar-refractivity contribution in [1.82, 2.24) is 10.2 Å². The summed E-state index contributed by atoms with van der Waals surface area (Å²) in [4.78, 5) is 30.0. The third-order valence-electron chi connectivity index (χ3n) is 4.28. The summed E-state index contributed by atoms with van der Waals surface area (Å²) in [5.41, 5.74) is 1.91. The van der Waals surface area contributed by atoms with Crippen LogP contribution in [0, 0.1) is 0 Å². The topological polar surface area (TPSA) is 55.9 Å². The third-order valence-corrected chi connectivity index (χ3v) is 4.28. The molecule has 1 heterocycles. The molecule has 1 saturated heterocycles. The predicted octanol–water partition coefficient (Wildman–Crippen LogP) is 1.32. The lowest BCUT2D eigenvalue weighted by atomic mass is 10.2. The quantitative estimate of drug-likeness (QED) is 0.854. The van der Waals surface area contributed by atoms with Gasteiger partial charge in [0, 0.05) is 51.0 Å². The number of hydrogen-bond acceptors (Lipinski definition) is 4. The molecule has 1 N–H and O–H groups in total. The zero-order valence-corrected chi connectivity index (χ0v) is 14.9. The number of carbonyl (C=O) groups excluding carboxylic acids is 2. The van der Waals surface area contributed by atoms with Crippen molar-refractivity contribution in [2.45, 2.75) is 20.3 Å². The van der Waals surface area contributed by atoms with Gasteiger partial charge in [0.2, 0.25) is 11.8 Å². The maximum atomic E-state index is 11.9. The predicted molar refractivity (Wildman–Crippen MR) is 97.5 cm³/mol. The molecule has 0 radical (unpaired) electrons. The fraction of sp³-hybridized carbons (Fsp3) is 0.556. The van der Waals surface area contributed by atoms with Crippen LogP contribution in [0.5, 0.6) is 0 Å². The molecule has 1 fully saturated rings. The molecule has 24 heavy (non-hydrogen) atoms. The number of hydrogen-bond donors (Lipinski definition) is 1. The second-order valence-corrected chi connectivity index (χ2v) is 6.26. The molecular weight excluding hydrogens is 304 g/mol. The molecule has 6 nitrogen and oxygen atoms in total. The summed E-state index contributed by atoms with van der Waals surface area (Å²) < 4.78 is 0. The van der Waals surface area contributed by atoms with Crippen LogP contribution in [0.1, 0.15) is 20.3 Å². The fourth-order valence-electron chi connectivity index (χ4n) is 2.76. The molecule has 0 spiro atoms. The van der Waals surface area contributed by atoms with Gasteiger partial charge in [0.05, 0.1) is 0 Å². The van der Waals surface area contributed by atoms with Crippen molar-refractivity contribution in [3.8, 4) is 0 Å². The van der Waals surface area contributed by atoms with Crippen molar-refractivity contribution in [2.24, 2.45) is 0 Å². The van der Waals surface area contributed by atoms with Crippen LogP contribution in [-0.4, -0.2) is 63.0 Å². The highest BCUT2D eigenvalue weighted by Crippen LogP contribution is 2.22. The number of amides is 2. The number of nitrogens with one attached hydrogen (secondary N) is 1. The van der Waals surface area contributed by atoms with Gasteiger partial charge in [0.1, 0.15) is 6.54 Å². The highest BCUT2D eigenvalue weighted by Gasteiger charge is 2.17. The number of anilines is 2. The van der Waals surface area contributed by atoms with E-state index in [2.05, 4.69) is 22.2 Å². The monoisotopic (exact) mass is 332 g/mol. The summed E-state index contributed by atoms with van der Waals surface area (Å²) in [5.74, 6) is -0.260. The van der Waals surface area contributed by atoms with E-state index in [1.807, 2.05) is 31.2 Å². The molecule has 1 aliphatic rings. The minimum Gasteiger partial charge on any atom is -0.369 e. The smallest absolute Gasteiger partial charge is 0.240 e. The lowest BCUT2D eigenvalue weighted by Gasteiger charge is -2.34. The summed E-state index contributed by atoms with van der Waals surface area (Å²) in [5, 5.41) is 2.81. The average Bonchev–Trinajstić information content (AvgIpc) is 2.58. The van der Waals surface area contributed by atoms with Crippen LogP contribution >= 0.6 is 0 Å². The Labute approximate surface area is 144 Å². The highest BCUT2D eigenvalue weighted by atomic mass is 16.2. The van der Waals surface area contributed by atoms with E-state index in [9.17, 15) is 9.59 Å². The number of piperazine rings is 1. The van der Waals surface area contributed by atoms with E-state index in [0.717, 1.165) is 44.0 Å². The van der Waals surface area contributed by atoms with Crippen molar-refractivity contribution < 1.29 is 9.59 Å². The fourth-order valence-corrected chi connectivity index (χ4v) is 2.76. The first-order valence-electron chi connectivity index (χ1n) is 8.59. The number of carbonyl (C=O) groups is 2. The van der Waals surface area contributed by atoms with Crippen LogP contribution in [0.15, 0.2) is 24.3 Å². The second kappa shape index (κ2) is 8.68. The van der Waals surface area contributed by atoms with E-state index in [1.54, 1.807) is 0 Å². The van der Waals surface area contributed by atoms with Gasteiger partial charge in [0.25, 0.3) is 0 Å². The van der Waals surface area contributed by atoms with Gasteiger partial charge in [0.15, 0.2) is 0 Å². The van der Waals surface area contributed by atoms with Crippen LogP contribution in [0.25, 0.3) is 0 Å². The minimum atomic E-state index is -0.131. The van der Waals surface area contributed by atoms with Gasteiger partial charge in [-0.2, -0.15) is 0 Å². The average molecular weight is 332 g/mol. The second-order valence-electron chi connectivity index (χ2n) is 6.26. The Morgan fingerprint density at radius 1 is 1.12 bits per heavy atom. The van der Waals surface area contributed by atoms with E-state index in [0.29, 0.717) is 6.54 Å². The first-order valence-corrected chi connectivity index (χ1v) is 8.59. The molecule has 1 aliphatic heterocycles. The van der Waals surface area contributed by atoms with Crippen LogP contribution < -0.4 is 15.1 Å².